The van der Waals surface area contributed by atoms with E-state index in [0.717, 1.165) is 55.3 Å². The van der Waals surface area contributed by atoms with Gasteiger partial charge in [-0.2, -0.15) is 0 Å². The van der Waals surface area contributed by atoms with Crippen LogP contribution in [0.2, 0.25) is 0 Å². The number of likely N-dealkylation sites (tertiary alicyclic amines) is 1. The van der Waals surface area contributed by atoms with Gasteiger partial charge in [-0.1, -0.05) is 30.3 Å². The Labute approximate surface area is 173 Å². The highest BCUT2D eigenvalue weighted by Gasteiger charge is 2.26. The maximum Gasteiger partial charge on any atom is 0.253 e. The lowest BCUT2D eigenvalue weighted by Crippen LogP contribution is -2.45. The van der Waals surface area contributed by atoms with Crippen molar-refractivity contribution in [2.45, 2.75) is 38.3 Å². The molecule has 4 nitrogen and oxygen atoms in total. The Balaban J connectivity index is 0.00000225. The van der Waals surface area contributed by atoms with Gasteiger partial charge in [0.25, 0.3) is 5.91 Å². The predicted molar refractivity (Wildman–Crippen MR) is 114 cm³/mol. The third-order valence-electron chi connectivity index (χ3n) is 5.52. The number of hydrogen-bond acceptors (Lipinski definition) is 3. The Morgan fingerprint density at radius 1 is 0.964 bits per heavy atom. The lowest BCUT2D eigenvalue weighted by Gasteiger charge is -2.32. The molecule has 1 saturated heterocycles. The first-order chi connectivity index (χ1) is 13.3. The molecule has 1 aliphatic carbocycles. The molecule has 0 bridgehead atoms. The summed E-state index contributed by atoms with van der Waals surface area (Å²) in [5.74, 6) is 1.83. The van der Waals surface area contributed by atoms with E-state index in [1.54, 1.807) is 0 Å². The fourth-order valence-electron chi connectivity index (χ4n) is 3.56. The second kappa shape index (κ2) is 9.94. The lowest BCUT2D eigenvalue weighted by molar-refractivity contribution is 0.0705. The third kappa shape index (κ3) is 5.73. The number of benzene rings is 2. The van der Waals surface area contributed by atoms with Crippen molar-refractivity contribution in [1.29, 1.82) is 0 Å². The van der Waals surface area contributed by atoms with Crippen molar-refractivity contribution < 1.29 is 9.53 Å². The molecular formula is C23H29ClN2O2. The number of carbonyl (C=O) groups is 1. The van der Waals surface area contributed by atoms with Crippen LogP contribution >= 0.6 is 12.4 Å². The van der Waals surface area contributed by atoms with Crippen molar-refractivity contribution in [2.24, 2.45) is 5.92 Å². The number of amides is 1. The highest BCUT2D eigenvalue weighted by atomic mass is 35.5. The lowest BCUT2D eigenvalue weighted by atomic mass is 10.0. The molecule has 1 N–H and O–H groups in total. The number of halogens is 1. The largest absolute Gasteiger partial charge is 0.489 e. The summed E-state index contributed by atoms with van der Waals surface area (Å²) in [4.78, 5) is 14.7. The number of nitrogens with zero attached hydrogens (tertiary/aromatic N) is 1. The van der Waals surface area contributed by atoms with Gasteiger partial charge in [-0.15, -0.1) is 12.4 Å². The van der Waals surface area contributed by atoms with Gasteiger partial charge < -0.3 is 15.0 Å². The van der Waals surface area contributed by atoms with Crippen molar-refractivity contribution in [2.75, 3.05) is 19.6 Å². The molecule has 2 aliphatic rings. The number of piperidine rings is 1. The summed E-state index contributed by atoms with van der Waals surface area (Å²) < 4.78 is 5.80. The van der Waals surface area contributed by atoms with Crippen LogP contribution in [0, 0.1) is 5.92 Å². The van der Waals surface area contributed by atoms with Gasteiger partial charge in [-0.05, 0) is 68.0 Å². The second-order valence-corrected chi connectivity index (χ2v) is 7.72. The fraction of sp³-hybridized carbons (Fsp3) is 0.435. The van der Waals surface area contributed by atoms with Gasteiger partial charge in [0.1, 0.15) is 12.4 Å². The van der Waals surface area contributed by atoms with Crippen molar-refractivity contribution in [3.05, 3.63) is 65.7 Å². The van der Waals surface area contributed by atoms with Crippen LogP contribution < -0.4 is 10.1 Å². The van der Waals surface area contributed by atoms with E-state index in [-0.39, 0.29) is 18.3 Å². The molecule has 0 atom stereocenters. The molecule has 2 fully saturated rings. The third-order valence-corrected chi connectivity index (χ3v) is 5.52. The van der Waals surface area contributed by atoms with Gasteiger partial charge in [-0.25, -0.2) is 0 Å². The van der Waals surface area contributed by atoms with Crippen molar-refractivity contribution in [3.63, 3.8) is 0 Å². The van der Waals surface area contributed by atoms with Gasteiger partial charge in [-0.3, -0.25) is 4.79 Å². The van der Waals surface area contributed by atoms with Crippen molar-refractivity contribution >= 4 is 18.3 Å². The SMILES string of the molecule is Cl.O=C(c1ccc(OCc2ccccc2)cc1)N1CCC(NCC2CC2)CC1. The first-order valence-corrected chi connectivity index (χ1v) is 10.1. The van der Waals surface area contributed by atoms with Gasteiger partial charge in [0.15, 0.2) is 0 Å². The summed E-state index contributed by atoms with van der Waals surface area (Å²) in [6.07, 6.45) is 4.87. The van der Waals surface area contributed by atoms with E-state index in [1.807, 2.05) is 59.5 Å². The van der Waals surface area contributed by atoms with Gasteiger partial charge in [0.2, 0.25) is 0 Å². The minimum absolute atomic E-state index is 0. The highest BCUT2D eigenvalue weighted by molar-refractivity contribution is 5.94. The first-order valence-electron chi connectivity index (χ1n) is 10.1. The van der Waals surface area contributed by atoms with E-state index >= 15 is 0 Å². The van der Waals surface area contributed by atoms with E-state index in [1.165, 1.54) is 12.8 Å². The van der Waals surface area contributed by atoms with E-state index in [4.69, 9.17) is 4.74 Å². The van der Waals surface area contributed by atoms with E-state index in [0.29, 0.717) is 12.6 Å². The monoisotopic (exact) mass is 400 g/mol. The molecule has 0 radical (unpaired) electrons. The van der Waals surface area contributed by atoms with Crippen molar-refractivity contribution in [3.8, 4) is 5.75 Å². The zero-order chi connectivity index (χ0) is 18.5. The molecule has 5 heteroatoms. The molecule has 0 spiro atoms. The topological polar surface area (TPSA) is 41.6 Å². The molecule has 2 aromatic rings. The Hall–Kier alpha value is -2.04. The average Bonchev–Trinajstić information content (AvgIpc) is 3.56. The zero-order valence-electron chi connectivity index (χ0n) is 16.2. The minimum atomic E-state index is 0. The maximum atomic E-state index is 12.7. The Kier molecular flexibility index (Phi) is 7.35. The Morgan fingerprint density at radius 3 is 2.29 bits per heavy atom. The molecular weight excluding hydrogens is 372 g/mol. The quantitative estimate of drug-likeness (QED) is 0.753. The second-order valence-electron chi connectivity index (χ2n) is 7.72. The van der Waals surface area contributed by atoms with E-state index < -0.39 is 0 Å². The molecule has 1 aliphatic heterocycles. The van der Waals surface area contributed by atoms with E-state index in [2.05, 4.69) is 5.32 Å². The maximum absolute atomic E-state index is 12.7. The molecule has 1 amide bonds. The molecule has 150 valence electrons. The van der Waals surface area contributed by atoms with Crippen LogP contribution in [0.3, 0.4) is 0 Å². The van der Waals surface area contributed by atoms with Crippen LogP contribution in [0.25, 0.3) is 0 Å². The average molecular weight is 401 g/mol. The van der Waals surface area contributed by atoms with Crippen molar-refractivity contribution in [1.82, 2.24) is 10.2 Å². The van der Waals surface area contributed by atoms with Gasteiger partial charge in [0.05, 0.1) is 0 Å². The summed E-state index contributed by atoms with van der Waals surface area (Å²) in [6, 6.07) is 18.2. The zero-order valence-corrected chi connectivity index (χ0v) is 17.0. The normalized spacial score (nSPS) is 17.1. The van der Waals surface area contributed by atoms with Crippen LogP contribution in [0.5, 0.6) is 5.75 Å². The molecule has 28 heavy (non-hydrogen) atoms. The summed E-state index contributed by atoms with van der Waals surface area (Å²) in [5.41, 5.74) is 1.88. The molecule has 0 unspecified atom stereocenters. The predicted octanol–water partition coefficient (Wildman–Crippen LogP) is 4.29. The fourth-order valence-corrected chi connectivity index (χ4v) is 3.56. The van der Waals surface area contributed by atoms with Crippen LogP contribution in [0.4, 0.5) is 0 Å². The first kappa shape index (κ1) is 20.7. The van der Waals surface area contributed by atoms with Crippen LogP contribution in [-0.4, -0.2) is 36.5 Å². The number of carbonyl (C=O) groups excluding carboxylic acids is 1. The molecule has 0 aromatic heterocycles. The van der Waals surface area contributed by atoms with Gasteiger partial charge >= 0.3 is 0 Å². The van der Waals surface area contributed by atoms with Crippen LogP contribution in [0.1, 0.15) is 41.6 Å². The summed E-state index contributed by atoms with van der Waals surface area (Å²) in [6.45, 7) is 3.37. The summed E-state index contributed by atoms with van der Waals surface area (Å²) in [7, 11) is 0. The molecule has 2 aromatic carbocycles. The molecule has 1 heterocycles. The molecule has 1 saturated carbocycles. The number of ether oxygens (including phenoxy) is 1. The van der Waals surface area contributed by atoms with E-state index in [9.17, 15) is 4.79 Å². The number of rotatable bonds is 7. The smallest absolute Gasteiger partial charge is 0.253 e. The Bertz CT molecular complexity index is 739. The van der Waals surface area contributed by atoms with Crippen LogP contribution in [0.15, 0.2) is 54.6 Å². The number of nitrogens with one attached hydrogen (secondary N) is 1. The minimum Gasteiger partial charge on any atom is -0.489 e. The Morgan fingerprint density at radius 2 is 1.64 bits per heavy atom. The summed E-state index contributed by atoms with van der Waals surface area (Å²) in [5, 5.41) is 3.66. The standard InChI is InChI=1S/C23H28N2O2.ClH/c26-23(25-14-12-21(13-15-25)24-16-18-6-7-18)20-8-10-22(11-9-20)27-17-19-4-2-1-3-5-19;/h1-5,8-11,18,21,24H,6-7,12-17H2;1H. The van der Waals surface area contributed by atoms with Gasteiger partial charge in [0, 0.05) is 24.7 Å². The molecule has 4 rings (SSSR count). The summed E-state index contributed by atoms with van der Waals surface area (Å²) >= 11 is 0. The highest BCUT2D eigenvalue weighted by Crippen LogP contribution is 2.28. The van der Waals surface area contributed by atoms with Crippen LogP contribution in [-0.2, 0) is 6.61 Å². The number of hydrogen-bond donors (Lipinski definition) is 1.